The molecule has 106 valence electrons. The monoisotopic (exact) mass is 272 g/mol. The minimum atomic E-state index is -0.412. The van der Waals surface area contributed by atoms with Gasteiger partial charge in [-0.2, -0.15) is 0 Å². The maximum Gasteiger partial charge on any atom is 0.131 e. The number of benzene rings is 2. The van der Waals surface area contributed by atoms with Crippen molar-refractivity contribution in [3.8, 4) is 17.2 Å². The van der Waals surface area contributed by atoms with Crippen LogP contribution >= 0.6 is 0 Å². The number of hydrogen-bond donors (Lipinski definition) is 1. The minimum Gasteiger partial charge on any atom is -0.494 e. The Bertz CT molecular complexity index is 534. The maximum atomic E-state index is 9.75. The molecule has 0 fully saturated rings. The molecule has 0 amide bonds. The Morgan fingerprint density at radius 3 is 2.30 bits per heavy atom. The van der Waals surface area contributed by atoms with E-state index in [4.69, 9.17) is 9.47 Å². The van der Waals surface area contributed by atoms with Crippen molar-refractivity contribution in [2.75, 3.05) is 6.61 Å². The lowest BCUT2D eigenvalue weighted by Gasteiger charge is -2.10. The Morgan fingerprint density at radius 1 is 0.950 bits per heavy atom. The fourth-order valence-electron chi connectivity index (χ4n) is 1.92. The van der Waals surface area contributed by atoms with Gasteiger partial charge < -0.3 is 14.6 Å². The molecule has 0 unspecified atom stereocenters. The lowest BCUT2D eigenvalue weighted by Crippen LogP contribution is -1.95. The summed E-state index contributed by atoms with van der Waals surface area (Å²) in [6, 6.07) is 15.0. The van der Waals surface area contributed by atoms with E-state index in [2.05, 4.69) is 0 Å². The predicted molar refractivity (Wildman–Crippen MR) is 79.4 cm³/mol. The second kappa shape index (κ2) is 6.96. The van der Waals surface area contributed by atoms with Crippen LogP contribution in [0.2, 0.25) is 0 Å². The highest BCUT2D eigenvalue weighted by atomic mass is 16.5. The summed E-state index contributed by atoms with van der Waals surface area (Å²) in [6.45, 7) is 4.53. The Kier molecular flexibility index (Phi) is 5.02. The number of hydrogen-bond acceptors (Lipinski definition) is 3. The molecule has 0 bridgehead atoms. The van der Waals surface area contributed by atoms with Crippen molar-refractivity contribution < 1.29 is 14.6 Å². The van der Waals surface area contributed by atoms with E-state index in [0.717, 1.165) is 22.8 Å². The summed E-state index contributed by atoms with van der Waals surface area (Å²) in [5.41, 5.74) is 0.905. The van der Waals surface area contributed by atoms with Crippen molar-refractivity contribution in [2.24, 2.45) is 0 Å². The molecule has 0 heterocycles. The molecule has 0 spiro atoms. The first-order chi connectivity index (χ1) is 9.72. The quantitative estimate of drug-likeness (QED) is 0.851. The van der Waals surface area contributed by atoms with Gasteiger partial charge in [-0.05, 0) is 43.2 Å². The fraction of sp³-hybridized carbons (Fsp3) is 0.294. The summed E-state index contributed by atoms with van der Waals surface area (Å²) in [6.07, 6.45) is 0.293. The molecule has 1 N–H and O–H groups in total. The molecular formula is C17H20O3. The summed E-state index contributed by atoms with van der Waals surface area (Å²) in [5, 5.41) is 9.75. The zero-order valence-electron chi connectivity index (χ0n) is 11.9. The van der Waals surface area contributed by atoms with E-state index in [1.165, 1.54) is 0 Å². The highest BCUT2D eigenvalue weighted by molar-refractivity contribution is 5.37. The van der Waals surface area contributed by atoms with Gasteiger partial charge in [-0.15, -0.1) is 0 Å². The SMILES string of the molecule is CCOc1cccc(Oc2ccc([C@@H](O)CC)cc2)c1. The van der Waals surface area contributed by atoms with Crippen LogP contribution in [0.1, 0.15) is 31.9 Å². The molecule has 0 aromatic heterocycles. The second-order valence-corrected chi connectivity index (χ2v) is 4.50. The lowest BCUT2D eigenvalue weighted by atomic mass is 10.1. The molecule has 0 saturated heterocycles. The van der Waals surface area contributed by atoms with Crippen molar-refractivity contribution in [1.82, 2.24) is 0 Å². The highest BCUT2D eigenvalue weighted by Gasteiger charge is 2.05. The standard InChI is InChI=1S/C17H20O3/c1-3-17(18)13-8-10-14(11-9-13)20-16-7-5-6-15(12-16)19-4-2/h5-12,17-18H,3-4H2,1-2H3/t17-/m0/s1. The van der Waals surface area contributed by atoms with Gasteiger partial charge in [0.2, 0.25) is 0 Å². The van der Waals surface area contributed by atoms with Gasteiger partial charge in [0.05, 0.1) is 12.7 Å². The molecule has 3 heteroatoms. The van der Waals surface area contributed by atoms with E-state index in [1.807, 2.05) is 62.4 Å². The third-order valence-electron chi connectivity index (χ3n) is 3.00. The molecular weight excluding hydrogens is 252 g/mol. The molecule has 2 aromatic rings. The average Bonchev–Trinajstić information content (AvgIpc) is 2.48. The van der Waals surface area contributed by atoms with Gasteiger partial charge in [0.15, 0.2) is 0 Å². The predicted octanol–water partition coefficient (Wildman–Crippen LogP) is 4.32. The third-order valence-corrected chi connectivity index (χ3v) is 3.00. The first-order valence-corrected chi connectivity index (χ1v) is 6.91. The van der Waals surface area contributed by atoms with Gasteiger partial charge >= 0.3 is 0 Å². The van der Waals surface area contributed by atoms with Crippen LogP contribution in [-0.2, 0) is 0 Å². The Hall–Kier alpha value is -2.00. The molecule has 3 nitrogen and oxygen atoms in total. The van der Waals surface area contributed by atoms with Gasteiger partial charge in [0.25, 0.3) is 0 Å². The van der Waals surface area contributed by atoms with E-state index in [1.54, 1.807) is 0 Å². The summed E-state index contributed by atoms with van der Waals surface area (Å²) >= 11 is 0. The molecule has 1 atom stereocenters. The molecule has 0 saturated carbocycles. The van der Waals surface area contributed by atoms with Crippen molar-refractivity contribution >= 4 is 0 Å². The molecule has 20 heavy (non-hydrogen) atoms. The molecule has 2 aromatic carbocycles. The van der Waals surface area contributed by atoms with E-state index >= 15 is 0 Å². The molecule has 0 aliphatic rings. The minimum absolute atomic E-state index is 0.412. The zero-order valence-corrected chi connectivity index (χ0v) is 11.9. The Morgan fingerprint density at radius 2 is 1.65 bits per heavy atom. The maximum absolute atomic E-state index is 9.75. The van der Waals surface area contributed by atoms with Gasteiger partial charge in [0.1, 0.15) is 17.2 Å². The molecule has 0 radical (unpaired) electrons. The van der Waals surface area contributed by atoms with Crippen LogP contribution in [0.5, 0.6) is 17.2 Å². The first-order valence-electron chi connectivity index (χ1n) is 6.91. The third kappa shape index (κ3) is 3.75. The van der Waals surface area contributed by atoms with Crippen molar-refractivity contribution in [3.63, 3.8) is 0 Å². The topological polar surface area (TPSA) is 38.7 Å². The normalized spacial score (nSPS) is 11.9. The zero-order chi connectivity index (χ0) is 14.4. The fourth-order valence-corrected chi connectivity index (χ4v) is 1.92. The summed E-state index contributed by atoms with van der Waals surface area (Å²) in [7, 11) is 0. The molecule has 0 aliphatic heterocycles. The highest BCUT2D eigenvalue weighted by Crippen LogP contribution is 2.26. The average molecular weight is 272 g/mol. The van der Waals surface area contributed by atoms with E-state index in [0.29, 0.717) is 13.0 Å². The number of aliphatic hydroxyl groups excluding tert-OH is 1. The Labute approximate surface area is 119 Å². The largest absolute Gasteiger partial charge is 0.494 e. The van der Waals surface area contributed by atoms with E-state index in [-0.39, 0.29) is 0 Å². The number of ether oxygens (including phenoxy) is 2. The van der Waals surface area contributed by atoms with E-state index in [9.17, 15) is 5.11 Å². The lowest BCUT2D eigenvalue weighted by molar-refractivity contribution is 0.173. The van der Waals surface area contributed by atoms with Crippen LogP contribution < -0.4 is 9.47 Å². The summed E-state index contributed by atoms with van der Waals surface area (Å²) < 4.78 is 11.2. The number of aliphatic hydroxyl groups is 1. The van der Waals surface area contributed by atoms with Crippen molar-refractivity contribution in [2.45, 2.75) is 26.4 Å². The van der Waals surface area contributed by atoms with Crippen LogP contribution in [0.4, 0.5) is 0 Å². The number of rotatable bonds is 6. The van der Waals surface area contributed by atoms with Crippen LogP contribution in [0.15, 0.2) is 48.5 Å². The van der Waals surface area contributed by atoms with Crippen LogP contribution in [0.3, 0.4) is 0 Å². The van der Waals surface area contributed by atoms with Crippen LogP contribution in [0, 0.1) is 0 Å². The second-order valence-electron chi connectivity index (χ2n) is 4.50. The Balaban J connectivity index is 2.08. The molecule has 0 aliphatic carbocycles. The van der Waals surface area contributed by atoms with Crippen LogP contribution in [-0.4, -0.2) is 11.7 Å². The van der Waals surface area contributed by atoms with Gasteiger partial charge in [-0.3, -0.25) is 0 Å². The summed E-state index contributed by atoms with van der Waals surface area (Å²) in [5.74, 6) is 2.27. The van der Waals surface area contributed by atoms with Gasteiger partial charge in [0, 0.05) is 6.07 Å². The van der Waals surface area contributed by atoms with Crippen molar-refractivity contribution in [1.29, 1.82) is 0 Å². The van der Waals surface area contributed by atoms with Gasteiger partial charge in [-0.1, -0.05) is 25.1 Å². The van der Waals surface area contributed by atoms with E-state index < -0.39 is 6.10 Å². The van der Waals surface area contributed by atoms with Crippen LogP contribution in [0.25, 0.3) is 0 Å². The first kappa shape index (κ1) is 14.4. The smallest absolute Gasteiger partial charge is 0.131 e. The van der Waals surface area contributed by atoms with Crippen molar-refractivity contribution in [3.05, 3.63) is 54.1 Å². The summed E-state index contributed by atoms with van der Waals surface area (Å²) in [4.78, 5) is 0. The van der Waals surface area contributed by atoms with Gasteiger partial charge in [-0.25, -0.2) is 0 Å². The molecule has 2 rings (SSSR count).